The molecule has 0 saturated carbocycles. The van der Waals surface area contributed by atoms with Gasteiger partial charge in [-0.1, -0.05) is 37.3 Å². The van der Waals surface area contributed by atoms with Crippen molar-refractivity contribution in [2.45, 2.75) is 25.2 Å². The summed E-state index contributed by atoms with van der Waals surface area (Å²) < 4.78 is 19.4. The van der Waals surface area contributed by atoms with Gasteiger partial charge in [0.2, 0.25) is 5.89 Å². The molecule has 0 amide bonds. The van der Waals surface area contributed by atoms with Gasteiger partial charge in [0.05, 0.1) is 6.07 Å². The quantitative estimate of drug-likeness (QED) is 0.701. The van der Waals surface area contributed by atoms with Crippen molar-refractivity contribution in [3.63, 3.8) is 0 Å². The van der Waals surface area contributed by atoms with Crippen LogP contribution in [0.5, 0.6) is 0 Å². The number of fused-ring (bicyclic) bond motifs is 1. The Morgan fingerprint density at radius 3 is 2.67 bits per heavy atom. The second kappa shape index (κ2) is 6.63. The number of carbonyl (C=O) groups excluding carboxylic acids is 1. The number of rotatable bonds is 5. The summed E-state index contributed by atoms with van der Waals surface area (Å²) in [4.78, 5) is 16.7. The highest BCUT2D eigenvalue weighted by Gasteiger charge is 2.27. The normalized spacial score (nSPS) is 13.4. The molecular formula is C19H15FN2O2. The summed E-state index contributed by atoms with van der Waals surface area (Å²) in [7, 11) is 0. The molecule has 3 aromatic rings. The molecule has 0 saturated heterocycles. The molecule has 0 radical (unpaired) electrons. The van der Waals surface area contributed by atoms with E-state index in [2.05, 4.69) is 4.98 Å². The molecule has 24 heavy (non-hydrogen) atoms. The summed E-state index contributed by atoms with van der Waals surface area (Å²) in [6.07, 6.45) is 0.0396. The molecule has 1 heterocycles. The van der Waals surface area contributed by atoms with E-state index < -0.39 is 5.92 Å². The maximum absolute atomic E-state index is 13.8. The van der Waals surface area contributed by atoms with Crippen molar-refractivity contribution < 1.29 is 13.6 Å². The number of halogens is 1. The molecule has 0 spiro atoms. The van der Waals surface area contributed by atoms with Gasteiger partial charge < -0.3 is 4.42 Å². The number of para-hydroxylation sites is 2. The van der Waals surface area contributed by atoms with Crippen molar-refractivity contribution in [1.29, 1.82) is 5.26 Å². The number of hydrogen-bond acceptors (Lipinski definition) is 4. The van der Waals surface area contributed by atoms with Gasteiger partial charge >= 0.3 is 0 Å². The lowest BCUT2D eigenvalue weighted by atomic mass is 9.91. The number of aromatic nitrogens is 1. The molecule has 0 fully saturated rings. The maximum atomic E-state index is 13.8. The van der Waals surface area contributed by atoms with Crippen LogP contribution in [0.4, 0.5) is 4.39 Å². The Balaban J connectivity index is 1.82. The first-order chi connectivity index (χ1) is 11.6. The van der Waals surface area contributed by atoms with Crippen molar-refractivity contribution in [2.75, 3.05) is 0 Å². The Hall–Kier alpha value is -3.00. The van der Waals surface area contributed by atoms with Crippen molar-refractivity contribution in [3.8, 4) is 6.07 Å². The van der Waals surface area contributed by atoms with Crippen LogP contribution in [0.15, 0.2) is 52.9 Å². The topological polar surface area (TPSA) is 66.9 Å². The first kappa shape index (κ1) is 15.9. The highest BCUT2D eigenvalue weighted by molar-refractivity contribution is 5.88. The number of nitriles is 1. The fourth-order valence-corrected chi connectivity index (χ4v) is 2.68. The van der Waals surface area contributed by atoms with Crippen LogP contribution in [0, 0.1) is 17.1 Å². The number of Topliss-reactive ketones (excluding diaryl/α,β-unsaturated/α-hetero) is 1. The number of carbonyl (C=O) groups is 1. The van der Waals surface area contributed by atoms with Crippen LogP contribution in [0.1, 0.15) is 36.6 Å². The standard InChI is InChI=1S/C19H15FN2O2/c1-12(13-6-2-3-7-15(13)20)10-17(23)14(11-21)19-22-16-8-4-5-9-18(16)24-19/h2-9,12,14H,10H2,1H3. The van der Waals surface area contributed by atoms with Crippen LogP contribution in [0.3, 0.4) is 0 Å². The molecular weight excluding hydrogens is 307 g/mol. The highest BCUT2D eigenvalue weighted by atomic mass is 19.1. The monoisotopic (exact) mass is 322 g/mol. The minimum Gasteiger partial charge on any atom is -0.439 e. The van der Waals surface area contributed by atoms with Gasteiger partial charge in [-0.25, -0.2) is 9.37 Å². The zero-order valence-electron chi connectivity index (χ0n) is 13.1. The third kappa shape index (κ3) is 3.04. The van der Waals surface area contributed by atoms with E-state index in [1.807, 2.05) is 6.07 Å². The van der Waals surface area contributed by atoms with Crippen molar-refractivity contribution in [2.24, 2.45) is 0 Å². The van der Waals surface area contributed by atoms with E-state index in [0.717, 1.165) is 0 Å². The third-order valence-corrected chi connectivity index (χ3v) is 3.95. The summed E-state index contributed by atoms with van der Waals surface area (Å²) in [6, 6.07) is 15.4. The van der Waals surface area contributed by atoms with Gasteiger partial charge in [-0.15, -0.1) is 0 Å². The van der Waals surface area contributed by atoms with E-state index in [0.29, 0.717) is 16.7 Å². The lowest BCUT2D eigenvalue weighted by Gasteiger charge is -2.13. The average Bonchev–Trinajstić information content (AvgIpc) is 2.99. The molecule has 3 rings (SSSR count). The second-order valence-electron chi connectivity index (χ2n) is 5.67. The number of nitrogens with zero attached hydrogens (tertiary/aromatic N) is 2. The maximum Gasteiger partial charge on any atom is 0.220 e. The average molecular weight is 322 g/mol. The van der Waals surface area contributed by atoms with Gasteiger partial charge in [0.25, 0.3) is 0 Å². The molecule has 2 unspecified atom stereocenters. The molecule has 0 aliphatic heterocycles. The highest BCUT2D eigenvalue weighted by Crippen LogP contribution is 2.27. The fraction of sp³-hybridized carbons (Fsp3) is 0.211. The largest absolute Gasteiger partial charge is 0.439 e. The van der Waals surface area contributed by atoms with Crippen LogP contribution in [-0.4, -0.2) is 10.8 Å². The summed E-state index contributed by atoms with van der Waals surface area (Å²) in [6.45, 7) is 1.76. The molecule has 0 bridgehead atoms. The first-order valence-electron chi connectivity index (χ1n) is 7.62. The van der Waals surface area contributed by atoms with Crippen LogP contribution in [0.25, 0.3) is 11.1 Å². The molecule has 0 N–H and O–H groups in total. The summed E-state index contributed by atoms with van der Waals surface area (Å²) in [5.41, 5.74) is 1.59. The molecule has 2 atom stereocenters. The van der Waals surface area contributed by atoms with Crippen molar-refractivity contribution in [3.05, 3.63) is 65.8 Å². The number of ketones is 1. The minimum absolute atomic E-state index is 0.0396. The van der Waals surface area contributed by atoms with Gasteiger partial charge in [0, 0.05) is 6.42 Å². The number of hydrogen-bond donors (Lipinski definition) is 0. The molecule has 0 aliphatic rings. The van der Waals surface area contributed by atoms with Crippen LogP contribution in [-0.2, 0) is 4.79 Å². The van der Waals surface area contributed by atoms with Crippen LogP contribution < -0.4 is 0 Å². The molecule has 1 aromatic heterocycles. The smallest absolute Gasteiger partial charge is 0.220 e. The van der Waals surface area contributed by atoms with Gasteiger partial charge in [0.1, 0.15) is 11.3 Å². The van der Waals surface area contributed by atoms with E-state index in [-0.39, 0.29) is 29.8 Å². The summed E-state index contributed by atoms with van der Waals surface area (Å²) >= 11 is 0. The van der Waals surface area contributed by atoms with Gasteiger partial charge in [-0.2, -0.15) is 5.26 Å². The lowest BCUT2D eigenvalue weighted by molar-refractivity contribution is -0.120. The van der Waals surface area contributed by atoms with Crippen LogP contribution >= 0.6 is 0 Å². The zero-order valence-corrected chi connectivity index (χ0v) is 13.1. The zero-order chi connectivity index (χ0) is 17.1. The summed E-state index contributed by atoms with van der Waals surface area (Å²) in [5, 5.41) is 9.37. The first-order valence-corrected chi connectivity index (χ1v) is 7.62. The lowest BCUT2D eigenvalue weighted by Crippen LogP contribution is -2.14. The van der Waals surface area contributed by atoms with E-state index in [1.54, 1.807) is 49.4 Å². The Bertz CT molecular complexity index is 893. The molecule has 120 valence electrons. The summed E-state index contributed by atoms with van der Waals surface area (Å²) in [5.74, 6) is -2.03. The number of benzene rings is 2. The molecule has 2 aromatic carbocycles. The molecule has 0 aliphatic carbocycles. The third-order valence-electron chi connectivity index (χ3n) is 3.95. The van der Waals surface area contributed by atoms with E-state index in [1.165, 1.54) is 6.07 Å². The van der Waals surface area contributed by atoms with Crippen molar-refractivity contribution >= 4 is 16.9 Å². The fourth-order valence-electron chi connectivity index (χ4n) is 2.68. The minimum atomic E-state index is -1.09. The Morgan fingerprint density at radius 2 is 1.96 bits per heavy atom. The van der Waals surface area contributed by atoms with E-state index in [4.69, 9.17) is 4.42 Å². The van der Waals surface area contributed by atoms with Gasteiger partial charge in [-0.3, -0.25) is 4.79 Å². The molecule has 4 nitrogen and oxygen atoms in total. The van der Waals surface area contributed by atoms with Crippen LogP contribution in [0.2, 0.25) is 0 Å². The van der Waals surface area contributed by atoms with Crippen molar-refractivity contribution in [1.82, 2.24) is 4.98 Å². The van der Waals surface area contributed by atoms with E-state index >= 15 is 0 Å². The van der Waals surface area contributed by atoms with Gasteiger partial charge in [0.15, 0.2) is 17.3 Å². The predicted molar refractivity (Wildman–Crippen MR) is 86.8 cm³/mol. The predicted octanol–water partition coefficient (Wildman–Crippen LogP) is 4.34. The second-order valence-corrected chi connectivity index (χ2v) is 5.67. The Kier molecular flexibility index (Phi) is 4.39. The molecule has 5 heteroatoms. The Labute approximate surface area is 138 Å². The van der Waals surface area contributed by atoms with Gasteiger partial charge in [-0.05, 0) is 29.7 Å². The van der Waals surface area contributed by atoms with E-state index in [9.17, 15) is 14.4 Å². The number of oxazole rings is 1. The SMILES string of the molecule is CC(CC(=O)C(C#N)c1nc2ccccc2o1)c1ccccc1F. The Morgan fingerprint density at radius 1 is 1.25 bits per heavy atom.